The molecule has 0 aliphatic rings. The molecule has 16 nitrogen and oxygen atoms in total. The third-order valence-electron chi connectivity index (χ3n) is 7.66. The second-order valence-electron chi connectivity index (χ2n) is 13.1. The van der Waals surface area contributed by atoms with Crippen molar-refractivity contribution in [2.75, 3.05) is 7.11 Å². The van der Waals surface area contributed by atoms with Crippen molar-refractivity contribution in [2.24, 2.45) is 11.8 Å². The molecular weight excluding hydrogens is 666 g/mol. The standard InChI is InChI=1S/C35H53N5O11/c1-7-28(41)36-26(19-22-11-9-8-10-12-22)34(49)39-25(17-20(2)3)33(48)38-23(13-15-29(42)43)31(46)37-24(14-16-30(44)45)32(47)40-27(18-21(4)5)35(50)51-6/h8-12,20-21,23-27H,7,13-19H2,1-6H3,(H,36,41)(H,37,46)(H,38,48)(H,39,49)(H,40,47)(H,42,43)(H,44,45)/t23-,24-,25-,26-,27-/m0/s1. The fourth-order valence-corrected chi connectivity index (χ4v) is 5.05. The lowest BCUT2D eigenvalue weighted by atomic mass is 10.00. The highest BCUT2D eigenvalue weighted by molar-refractivity contribution is 5.96. The second-order valence-corrected chi connectivity index (χ2v) is 13.1. The van der Waals surface area contributed by atoms with Crippen molar-refractivity contribution in [2.45, 2.75) is 116 Å². The average Bonchev–Trinajstić information content (AvgIpc) is 3.06. The summed E-state index contributed by atoms with van der Waals surface area (Å²) >= 11 is 0. The van der Waals surface area contributed by atoms with Crippen LogP contribution in [0.25, 0.3) is 0 Å². The van der Waals surface area contributed by atoms with Crippen molar-refractivity contribution in [3.63, 3.8) is 0 Å². The number of aliphatic carboxylic acids is 2. The first-order chi connectivity index (χ1) is 24.0. The third-order valence-corrected chi connectivity index (χ3v) is 7.66. The minimum Gasteiger partial charge on any atom is -0.481 e. The maximum atomic E-state index is 13.7. The van der Waals surface area contributed by atoms with Gasteiger partial charge in [-0.3, -0.25) is 33.6 Å². The van der Waals surface area contributed by atoms with Crippen LogP contribution < -0.4 is 26.6 Å². The van der Waals surface area contributed by atoms with Gasteiger partial charge in [-0.2, -0.15) is 0 Å². The smallest absolute Gasteiger partial charge is 0.328 e. The number of hydrogen-bond donors (Lipinski definition) is 7. The highest BCUT2D eigenvalue weighted by Crippen LogP contribution is 2.11. The molecule has 0 unspecified atom stereocenters. The molecule has 284 valence electrons. The van der Waals surface area contributed by atoms with Crippen molar-refractivity contribution < 1.29 is 53.3 Å². The molecular formula is C35H53N5O11. The van der Waals surface area contributed by atoms with Gasteiger partial charge >= 0.3 is 17.9 Å². The van der Waals surface area contributed by atoms with E-state index in [0.29, 0.717) is 0 Å². The number of benzene rings is 1. The summed E-state index contributed by atoms with van der Waals surface area (Å²) in [4.78, 5) is 101. The predicted octanol–water partition coefficient (Wildman–Crippen LogP) is 1.06. The summed E-state index contributed by atoms with van der Waals surface area (Å²) in [5.41, 5.74) is 0.757. The summed E-state index contributed by atoms with van der Waals surface area (Å²) in [5, 5.41) is 31.3. The van der Waals surface area contributed by atoms with Crippen LogP contribution in [0.5, 0.6) is 0 Å². The van der Waals surface area contributed by atoms with Crippen molar-refractivity contribution in [3.8, 4) is 0 Å². The van der Waals surface area contributed by atoms with Gasteiger partial charge in [0.2, 0.25) is 29.5 Å². The van der Waals surface area contributed by atoms with Crippen LogP contribution in [-0.4, -0.2) is 95.0 Å². The Hall–Kier alpha value is -5.02. The van der Waals surface area contributed by atoms with E-state index < -0.39 is 91.0 Å². The number of ether oxygens (including phenoxy) is 1. The lowest BCUT2D eigenvalue weighted by Crippen LogP contribution is -2.59. The van der Waals surface area contributed by atoms with Gasteiger partial charge in [0.25, 0.3) is 0 Å². The number of carbonyl (C=O) groups is 8. The SMILES string of the molecule is CCC(=O)N[C@@H](Cc1ccccc1)C(=O)N[C@@H](CC(C)C)C(=O)N[C@@H](CCC(=O)O)C(=O)N[C@@H](CCC(=O)O)C(=O)N[C@@H](CC(C)C)C(=O)OC. The Labute approximate surface area is 298 Å². The minimum absolute atomic E-state index is 0.0483. The number of methoxy groups -OCH3 is 1. The number of carboxylic acids is 2. The molecule has 1 aromatic rings. The molecule has 0 radical (unpaired) electrons. The number of carbonyl (C=O) groups excluding carboxylic acids is 6. The summed E-state index contributed by atoms with van der Waals surface area (Å²) in [6, 6.07) is 2.58. The van der Waals surface area contributed by atoms with Gasteiger partial charge in [0.1, 0.15) is 30.2 Å². The quantitative estimate of drug-likeness (QED) is 0.0788. The van der Waals surface area contributed by atoms with Gasteiger partial charge < -0.3 is 41.5 Å². The Balaban J connectivity index is 3.32. The van der Waals surface area contributed by atoms with Crippen molar-refractivity contribution in [1.82, 2.24) is 26.6 Å². The monoisotopic (exact) mass is 719 g/mol. The molecule has 5 amide bonds. The van der Waals surface area contributed by atoms with Crippen molar-refractivity contribution in [1.29, 1.82) is 0 Å². The zero-order valence-corrected chi connectivity index (χ0v) is 30.2. The summed E-state index contributed by atoms with van der Waals surface area (Å²) in [6.07, 6.45) is -1.37. The number of hydrogen-bond acceptors (Lipinski definition) is 9. The topological polar surface area (TPSA) is 246 Å². The first-order valence-corrected chi connectivity index (χ1v) is 17.0. The molecule has 0 heterocycles. The molecule has 7 N–H and O–H groups in total. The maximum Gasteiger partial charge on any atom is 0.328 e. The molecule has 16 heteroatoms. The van der Waals surface area contributed by atoms with E-state index in [0.717, 1.165) is 12.7 Å². The van der Waals surface area contributed by atoms with Crippen molar-refractivity contribution in [3.05, 3.63) is 35.9 Å². The Morgan fingerprint density at radius 2 is 1.02 bits per heavy atom. The van der Waals surface area contributed by atoms with Crippen LogP contribution in [0.15, 0.2) is 30.3 Å². The number of nitrogens with one attached hydrogen (secondary N) is 5. The Bertz CT molecular complexity index is 1350. The molecule has 0 aliphatic heterocycles. The number of rotatable bonds is 23. The molecule has 0 aromatic heterocycles. The van der Waals surface area contributed by atoms with Gasteiger partial charge in [-0.05, 0) is 43.1 Å². The zero-order chi connectivity index (χ0) is 38.7. The van der Waals surface area contributed by atoms with E-state index in [4.69, 9.17) is 4.74 Å². The molecule has 1 rings (SSSR count). The number of carboxylic acid groups (broad SMARTS) is 2. The van der Waals surface area contributed by atoms with E-state index in [9.17, 15) is 48.6 Å². The molecule has 0 fully saturated rings. The zero-order valence-electron chi connectivity index (χ0n) is 30.2. The summed E-state index contributed by atoms with van der Waals surface area (Å²) in [6.45, 7) is 8.84. The van der Waals surface area contributed by atoms with Gasteiger partial charge in [-0.25, -0.2) is 4.79 Å². The molecule has 51 heavy (non-hydrogen) atoms. The Morgan fingerprint density at radius 3 is 1.45 bits per heavy atom. The van der Waals surface area contributed by atoms with Gasteiger partial charge in [-0.1, -0.05) is 65.0 Å². The summed E-state index contributed by atoms with van der Waals surface area (Å²) < 4.78 is 4.77. The van der Waals surface area contributed by atoms with E-state index in [2.05, 4.69) is 26.6 Å². The average molecular weight is 720 g/mol. The van der Waals surface area contributed by atoms with Crippen molar-refractivity contribution >= 4 is 47.4 Å². The normalized spacial score (nSPS) is 13.9. The molecule has 1 aromatic carbocycles. The minimum atomic E-state index is -1.52. The maximum absolute atomic E-state index is 13.7. The van der Waals surface area contributed by atoms with E-state index in [1.807, 2.05) is 0 Å². The van der Waals surface area contributed by atoms with Gasteiger partial charge in [0.15, 0.2) is 0 Å². The number of esters is 1. The van der Waals surface area contributed by atoms with E-state index in [-0.39, 0.29) is 49.8 Å². The van der Waals surface area contributed by atoms with Crippen LogP contribution >= 0.6 is 0 Å². The van der Waals surface area contributed by atoms with Gasteiger partial charge in [-0.15, -0.1) is 0 Å². The predicted molar refractivity (Wildman–Crippen MR) is 185 cm³/mol. The summed E-state index contributed by atoms with van der Waals surface area (Å²) in [5.74, 6) is -7.20. The highest BCUT2D eigenvalue weighted by Gasteiger charge is 2.33. The first-order valence-electron chi connectivity index (χ1n) is 17.0. The molecule has 0 aliphatic carbocycles. The van der Waals surface area contributed by atoms with Crippen LogP contribution in [0.3, 0.4) is 0 Å². The fraction of sp³-hybridized carbons (Fsp3) is 0.600. The molecule has 0 bridgehead atoms. The van der Waals surface area contributed by atoms with Crippen LogP contribution in [0.4, 0.5) is 0 Å². The lowest BCUT2D eigenvalue weighted by Gasteiger charge is -2.27. The first kappa shape index (κ1) is 44.0. The number of amides is 5. The van der Waals surface area contributed by atoms with E-state index >= 15 is 0 Å². The Kier molecular flexibility index (Phi) is 19.5. The largest absolute Gasteiger partial charge is 0.481 e. The van der Waals surface area contributed by atoms with Crippen LogP contribution in [0, 0.1) is 11.8 Å². The molecule has 5 atom stereocenters. The Morgan fingerprint density at radius 1 is 0.608 bits per heavy atom. The molecule has 0 saturated heterocycles. The van der Waals surface area contributed by atoms with Crippen LogP contribution in [0.1, 0.15) is 85.1 Å². The second kappa shape index (κ2) is 22.6. The fourth-order valence-electron chi connectivity index (χ4n) is 5.05. The summed E-state index contributed by atoms with van der Waals surface area (Å²) in [7, 11) is 1.14. The highest BCUT2D eigenvalue weighted by atomic mass is 16.5. The molecule has 0 spiro atoms. The van der Waals surface area contributed by atoms with E-state index in [1.165, 1.54) is 0 Å². The third kappa shape index (κ3) is 17.5. The van der Waals surface area contributed by atoms with Gasteiger partial charge in [0, 0.05) is 25.7 Å². The van der Waals surface area contributed by atoms with E-state index in [1.54, 1.807) is 65.0 Å². The lowest BCUT2D eigenvalue weighted by molar-refractivity contribution is -0.146. The van der Waals surface area contributed by atoms with Crippen LogP contribution in [0.2, 0.25) is 0 Å². The van der Waals surface area contributed by atoms with Gasteiger partial charge in [0.05, 0.1) is 7.11 Å². The molecule has 0 saturated carbocycles. The van der Waals surface area contributed by atoms with Crippen LogP contribution in [-0.2, 0) is 49.5 Å².